The molecule has 1 fully saturated rings. The lowest BCUT2D eigenvalue weighted by molar-refractivity contribution is 0.133. The van der Waals surface area contributed by atoms with Crippen LogP contribution in [0.4, 0.5) is 0 Å². The number of nitrogens with one attached hydrogen (secondary N) is 1. The average Bonchev–Trinajstić information content (AvgIpc) is 2.43. The van der Waals surface area contributed by atoms with Crippen LogP contribution in [-0.2, 0) is 5.41 Å². The molecule has 2 rings (SSSR count). The highest BCUT2D eigenvalue weighted by Gasteiger charge is 2.44. The Labute approximate surface area is 123 Å². The predicted octanol–water partition coefficient (Wildman–Crippen LogP) is 4.00. The number of rotatable bonds is 7. The first-order valence-electron chi connectivity index (χ1n) is 8.02. The summed E-state index contributed by atoms with van der Waals surface area (Å²) in [7, 11) is 0. The van der Waals surface area contributed by atoms with Gasteiger partial charge < -0.3 is 10.1 Å². The third-order valence-corrected chi connectivity index (χ3v) is 4.70. The van der Waals surface area contributed by atoms with E-state index in [2.05, 4.69) is 50.4 Å². The fourth-order valence-electron chi connectivity index (χ4n) is 3.21. The molecule has 1 saturated carbocycles. The minimum atomic E-state index is 0.333. The monoisotopic (exact) mass is 275 g/mol. The number of ether oxygens (including phenoxy) is 1. The number of hydrogen-bond donors (Lipinski definition) is 1. The highest BCUT2D eigenvalue weighted by molar-refractivity contribution is 5.35. The van der Waals surface area contributed by atoms with E-state index in [1.165, 1.54) is 18.4 Å². The molecule has 0 aromatic heterocycles. The van der Waals surface area contributed by atoms with E-state index in [0.29, 0.717) is 11.3 Å². The summed E-state index contributed by atoms with van der Waals surface area (Å²) in [5.74, 6) is 2.45. The van der Waals surface area contributed by atoms with E-state index in [-0.39, 0.29) is 0 Å². The van der Waals surface area contributed by atoms with E-state index >= 15 is 0 Å². The standard InChI is InChI=1S/C18H29NO/c1-5-20-17-8-6-16(7-9-17)18(11-10-15(18)4)13-19-12-14(2)3/h6-9,14-15,19H,5,10-13H2,1-4H3. The number of hydrogen-bond acceptors (Lipinski definition) is 2. The van der Waals surface area contributed by atoms with Gasteiger partial charge in [-0.1, -0.05) is 32.9 Å². The van der Waals surface area contributed by atoms with Gasteiger partial charge in [0, 0.05) is 12.0 Å². The van der Waals surface area contributed by atoms with Crippen molar-refractivity contribution in [2.24, 2.45) is 11.8 Å². The second kappa shape index (κ2) is 6.62. The summed E-state index contributed by atoms with van der Waals surface area (Å²) in [4.78, 5) is 0. The van der Waals surface area contributed by atoms with Crippen LogP contribution in [0.5, 0.6) is 5.75 Å². The largest absolute Gasteiger partial charge is 0.494 e. The molecule has 0 aliphatic heterocycles. The molecule has 0 saturated heterocycles. The summed E-state index contributed by atoms with van der Waals surface area (Å²) in [6, 6.07) is 8.76. The zero-order valence-electron chi connectivity index (χ0n) is 13.4. The van der Waals surface area contributed by atoms with Crippen LogP contribution in [0.15, 0.2) is 24.3 Å². The zero-order chi connectivity index (χ0) is 14.6. The molecule has 0 spiro atoms. The maximum atomic E-state index is 5.55. The third kappa shape index (κ3) is 3.17. The van der Waals surface area contributed by atoms with Gasteiger partial charge in [-0.2, -0.15) is 0 Å². The van der Waals surface area contributed by atoms with E-state index in [0.717, 1.165) is 31.4 Å². The Bertz CT molecular complexity index is 412. The SMILES string of the molecule is CCOc1ccc(C2(CNCC(C)C)CCC2C)cc1. The van der Waals surface area contributed by atoms with Crippen LogP contribution in [0.2, 0.25) is 0 Å². The van der Waals surface area contributed by atoms with E-state index < -0.39 is 0 Å². The van der Waals surface area contributed by atoms with Crippen molar-refractivity contribution in [2.75, 3.05) is 19.7 Å². The molecule has 2 nitrogen and oxygen atoms in total. The van der Waals surface area contributed by atoms with Crippen molar-refractivity contribution in [2.45, 2.75) is 46.0 Å². The molecule has 1 aliphatic carbocycles. The van der Waals surface area contributed by atoms with Gasteiger partial charge in [-0.25, -0.2) is 0 Å². The Morgan fingerprint density at radius 3 is 2.45 bits per heavy atom. The van der Waals surface area contributed by atoms with Crippen molar-refractivity contribution in [3.63, 3.8) is 0 Å². The first kappa shape index (κ1) is 15.4. The van der Waals surface area contributed by atoms with Gasteiger partial charge in [0.1, 0.15) is 5.75 Å². The molecular formula is C18H29NO. The van der Waals surface area contributed by atoms with Gasteiger partial charge in [-0.15, -0.1) is 0 Å². The Morgan fingerprint density at radius 1 is 1.30 bits per heavy atom. The lowest BCUT2D eigenvalue weighted by Gasteiger charge is -2.49. The third-order valence-electron chi connectivity index (χ3n) is 4.70. The molecule has 2 atom stereocenters. The van der Waals surface area contributed by atoms with E-state index in [1.807, 2.05) is 6.92 Å². The first-order valence-corrected chi connectivity index (χ1v) is 8.02. The smallest absolute Gasteiger partial charge is 0.119 e. The fourth-order valence-corrected chi connectivity index (χ4v) is 3.21. The minimum Gasteiger partial charge on any atom is -0.494 e. The maximum absolute atomic E-state index is 5.55. The summed E-state index contributed by atoms with van der Waals surface area (Å²) in [5, 5.41) is 3.67. The average molecular weight is 275 g/mol. The second-order valence-electron chi connectivity index (χ2n) is 6.58. The van der Waals surface area contributed by atoms with Crippen molar-refractivity contribution >= 4 is 0 Å². The van der Waals surface area contributed by atoms with Gasteiger partial charge >= 0.3 is 0 Å². The van der Waals surface area contributed by atoms with Gasteiger partial charge in [-0.05, 0) is 55.8 Å². The van der Waals surface area contributed by atoms with Crippen LogP contribution in [0.25, 0.3) is 0 Å². The van der Waals surface area contributed by atoms with Crippen LogP contribution in [-0.4, -0.2) is 19.7 Å². The molecule has 0 bridgehead atoms. The molecule has 112 valence electrons. The molecule has 1 N–H and O–H groups in total. The van der Waals surface area contributed by atoms with Gasteiger partial charge in [0.25, 0.3) is 0 Å². The quantitative estimate of drug-likeness (QED) is 0.812. The van der Waals surface area contributed by atoms with Crippen molar-refractivity contribution in [3.05, 3.63) is 29.8 Å². The van der Waals surface area contributed by atoms with Gasteiger partial charge in [0.15, 0.2) is 0 Å². The molecule has 0 amide bonds. The summed E-state index contributed by atoms with van der Waals surface area (Å²) in [6.07, 6.45) is 2.64. The molecule has 0 heterocycles. The molecule has 0 radical (unpaired) electrons. The Kier molecular flexibility index (Phi) is 5.09. The van der Waals surface area contributed by atoms with Crippen LogP contribution >= 0.6 is 0 Å². The fraction of sp³-hybridized carbons (Fsp3) is 0.667. The molecular weight excluding hydrogens is 246 g/mol. The van der Waals surface area contributed by atoms with Crippen molar-refractivity contribution in [3.8, 4) is 5.75 Å². The molecule has 2 unspecified atom stereocenters. The summed E-state index contributed by atoms with van der Waals surface area (Å²) in [6.45, 7) is 11.9. The van der Waals surface area contributed by atoms with Crippen LogP contribution in [0.3, 0.4) is 0 Å². The van der Waals surface area contributed by atoms with Gasteiger partial charge in [0.05, 0.1) is 6.61 Å². The normalized spacial score (nSPS) is 25.6. The van der Waals surface area contributed by atoms with Crippen molar-refractivity contribution in [1.29, 1.82) is 0 Å². The van der Waals surface area contributed by atoms with Crippen LogP contribution < -0.4 is 10.1 Å². The minimum absolute atomic E-state index is 0.333. The highest BCUT2D eigenvalue weighted by Crippen LogP contribution is 2.48. The van der Waals surface area contributed by atoms with E-state index in [1.54, 1.807) is 0 Å². The Morgan fingerprint density at radius 2 is 2.00 bits per heavy atom. The molecule has 1 aliphatic rings. The molecule has 2 heteroatoms. The van der Waals surface area contributed by atoms with Crippen LogP contribution in [0, 0.1) is 11.8 Å². The molecule has 1 aromatic carbocycles. The Balaban J connectivity index is 2.07. The highest BCUT2D eigenvalue weighted by atomic mass is 16.5. The molecule has 1 aromatic rings. The second-order valence-corrected chi connectivity index (χ2v) is 6.58. The predicted molar refractivity (Wildman–Crippen MR) is 85.4 cm³/mol. The van der Waals surface area contributed by atoms with Gasteiger partial charge in [-0.3, -0.25) is 0 Å². The zero-order valence-corrected chi connectivity index (χ0v) is 13.4. The Hall–Kier alpha value is -1.02. The first-order chi connectivity index (χ1) is 9.58. The number of benzene rings is 1. The molecule has 20 heavy (non-hydrogen) atoms. The van der Waals surface area contributed by atoms with Crippen molar-refractivity contribution in [1.82, 2.24) is 5.32 Å². The van der Waals surface area contributed by atoms with E-state index in [4.69, 9.17) is 4.74 Å². The van der Waals surface area contributed by atoms with Crippen LogP contribution in [0.1, 0.15) is 46.1 Å². The maximum Gasteiger partial charge on any atom is 0.119 e. The lowest BCUT2D eigenvalue weighted by atomic mass is 9.57. The topological polar surface area (TPSA) is 21.3 Å². The van der Waals surface area contributed by atoms with Crippen molar-refractivity contribution < 1.29 is 4.74 Å². The summed E-state index contributed by atoms with van der Waals surface area (Å²) in [5.41, 5.74) is 1.80. The lowest BCUT2D eigenvalue weighted by Crippen LogP contribution is -2.50. The summed E-state index contributed by atoms with van der Waals surface area (Å²) < 4.78 is 5.55. The van der Waals surface area contributed by atoms with E-state index in [9.17, 15) is 0 Å². The van der Waals surface area contributed by atoms with Gasteiger partial charge in [0.2, 0.25) is 0 Å². The summed E-state index contributed by atoms with van der Waals surface area (Å²) >= 11 is 0.